The van der Waals surface area contributed by atoms with Gasteiger partial charge in [0.25, 0.3) is 0 Å². The van der Waals surface area contributed by atoms with Gasteiger partial charge in [0.1, 0.15) is 5.25 Å². The number of hydrogen-bond acceptors (Lipinski definition) is 2. The second kappa shape index (κ2) is 5.21. The molecule has 0 aliphatic carbocycles. The number of hydrogen-bond donors (Lipinski definition) is 1. The van der Waals surface area contributed by atoms with Gasteiger partial charge in [0.15, 0.2) is 4.90 Å². The minimum absolute atomic E-state index is 0.299. The Morgan fingerprint density at radius 2 is 1.80 bits per heavy atom. The monoisotopic (exact) mass is 243 g/mol. The maximum atomic E-state index is 12.2. The largest absolute Gasteiger partial charge is 0.611 e. The van der Waals surface area contributed by atoms with Gasteiger partial charge in [-0.15, -0.1) is 0 Å². The smallest absolute Gasteiger partial charge is 0.153 e. The summed E-state index contributed by atoms with van der Waals surface area (Å²) >= 11 is 4.92. The van der Waals surface area contributed by atoms with Crippen LogP contribution in [0.2, 0.25) is 5.02 Å². The van der Waals surface area contributed by atoms with Gasteiger partial charge in [-0.25, -0.2) is 0 Å². The summed E-state index contributed by atoms with van der Waals surface area (Å²) in [7, 11) is 0. The summed E-state index contributed by atoms with van der Waals surface area (Å²) in [6.45, 7) is 1.95. The second-order valence-corrected chi connectivity index (χ2v) is 5.87. The van der Waals surface area contributed by atoms with Gasteiger partial charge in [0.05, 0.1) is 0 Å². The van der Waals surface area contributed by atoms with Crippen molar-refractivity contribution >= 4 is 22.8 Å². The highest BCUT2D eigenvalue weighted by Crippen LogP contribution is 2.23. The van der Waals surface area contributed by atoms with E-state index in [0.717, 1.165) is 30.8 Å². The predicted octanol–water partition coefficient (Wildman–Crippen LogP) is 2.20. The van der Waals surface area contributed by atoms with Crippen molar-refractivity contribution in [2.45, 2.75) is 23.0 Å². The number of rotatable bonds is 2. The van der Waals surface area contributed by atoms with E-state index in [1.807, 2.05) is 12.1 Å². The molecule has 0 radical (unpaired) electrons. The van der Waals surface area contributed by atoms with Crippen molar-refractivity contribution in [3.8, 4) is 0 Å². The van der Waals surface area contributed by atoms with Crippen LogP contribution in [0.3, 0.4) is 0 Å². The van der Waals surface area contributed by atoms with E-state index in [-0.39, 0.29) is 0 Å². The molecule has 1 unspecified atom stereocenters. The minimum Gasteiger partial charge on any atom is -0.611 e. The summed E-state index contributed by atoms with van der Waals surface area (Å²) in [6.07, 6.45) is 1.99. The molecular weight excluding hydrogens is 230 g/mol. The average molecular weight is 244 g/mol. The van der Waals surface area contributed by atoms with Crippen LogP contribution in [0.5, 0.6) is 0 Å². The number of nitrogens with one attached hydrogen (secondary N) is 1. The highest BCUT2D eigenvalue weighted by molar-refractivity contribution is 7.92. The lowest BCUT2D eigenvalue weighted by Crippen LogP contribution is -2.35. The summed E-state index contributed by atoms with van der Waals surface area (Å²) in [5.74, 6) is 0. The van der Waals surface area contributed by atoms with Crippen molar-refractivity contribution in [1.29, 1.82) is 0 Å². The van der Waals surface area contributed by atoms with Crippen LogP contribution in [-0.2, 0) is 11.2 Å². The summed E-state index contributed by atoms with van der Waals surface area (Å²) in [4.78, 5) is 0.895. The lowest BCUT2D eigenvalue weighted by molar-refractivity contribution is 0.496. The van der Waals surface area contributed by atoms with E-state index in [1.165, 1.54) is 0 Å². The molecule has 15 heavy (non-hydrogen) atoms. The van der Waals surface area contributed by atoms with Crippen LogP contribution in [0.4, 0.5) is 0 Å². The first-order valence-corrected chi connectivity index (χ1v) is 6.73. The summed E-state index contributed by atoms with van der Waals surface area (Å²) in [5, 5.41) is 4.27. The molecule has 1 aromatic carbocycles. The molecule has 1 aromatic rings. The van der Waals surface area contributed by atoms with E-state index < -0.39 is 11.2 Å². The van der Waals surface area contributed by atoms with E-state index in [1.54, 1.807) is 12.1 Å². The molecule has 2 nitrogen and oxygen atoms in total. The van der Waals surface area contributed by atoms with Crippen LogP contribution in [0.25, 0.3) is 0 Å². The lowest BCUT2D eigenvalue weighted by atomic mass is 10.2. The Bertz CT molecular complexity index is 311. The van der Waals surface area contributed by atoms with Crippen LogP contribution in [0.1, 0.15) is 12.8 Å². The van der Waals surface area contributed by atoms with Gasteiger partial charge in [-0.1, -0.05) is 11.6 Å². The zero-order valence-corrected chi connectivity index (χ0v) is 9.98. The first-order chi connectivity index (χ1) is 7.27. The van der Waals surface area contributed by atoms with Gasteiger partial charge in [0.2, 0.25) is 0 Å². The third-order valence-corrected chi connectivity index (χ3v) is 4.70. The van der Waals surface area contributed by atoms with E-state index in [4.69, 9.17) is 11.6 Å². The van der Waals surface area contributed by atoms with Crippen molar-refractivity contribution < 1.29 is 4.55 Å². The Hall–Kier alpha value is -0.220. The summed E-state index contributed by atoms with van der Waals surface area (Å²) in [6, 6.07) is 7.33. The fourth-order valence-corrected chi connectivity index (χ4v) is 3.35. The van der Waals surface area contributed by atoms with Gasteiger partial charge >= 0.3 is 0 Å². The fourth-order valence-electron chi connectivity index (χ4n) is 1.77. The van der Waals surface area contributed by atoms with Crippen molar-refractivity contribution in [3.05, 3.63) is 29.3 Å². The van der Waals surface area contributed by atoms with E-state index in [0.29, 0.717) is 10.3 Å². The molecule has 1 atom stereocenters. The fraction of sp³-hybridized carbons (Fsp3) is 0.455. The SMILES string of the molecule is [O-][S+](c1ccc(Cl)cc1)C1CCNCC1. The molecule has 0 saturated carbocycles. The Morgan fingerprint density at radius 1 is 1.20 bits per heavy atom. The van der Waals surface area contributed by atoms with Crippen LogP contribution in [0.15, 0.2) is 29.2 Å². The van der Waals surface area contributed by atoms with Crippen LogP contribution in [0, 0.1) is 0 Å². The summed E-state index contributed by atoms with van der Waals surface area (Å²) < 4.78 is 12.2. The highest BCUT2D eigenvalue weighted by Gasteiger charge is 2.26. The van der Waals surface area contributed by atoms with Crippen LogP contribution < -0.4 is 5.32 Å². The first kappa shape index (κ1) is 11.3. The van der Waals surface area contributed by atoms with Gasteiger partial charge in [0, 0.05) is 17.9 Å². The Morgan fingerprint density at radius 3 is 2.40 bits per heavy atom. The quantitative estimate of drug-likeness (QED) is 0.809. The van der Waals surface area contributed by atoms with Crippen LogP contribution >= 0.6 is 11.6 Å². The molecule has 1 N–H and O–H groups in total. The standard InChI is InChI=1S/C11H14ClNOS/c12-9-1-3-10(4-2-9)15(14)11-5-7-13-8-6-11/h1-4,11,13H,5-8H2. The predicted molar refractivity (Wildman–Crippen MR) is 63.8 cm³/mol. The molecule has 1 heterocycles. The van der Waals surface area contributed by atoms with Gasteiger partial charge in [-0.05, 0) is 48.5 Å². The normalized spacial score (nSPS) is 20.1. The summed E-state index contributed by atoms with van der Waals surface area (Å²) in [5.41, 5.74) is 0. The van der Waals surface area contributed by atoms with Crippen molar-refractivity contribution in [2.75, 3.05) is 13.1 Å². The van der Waals surface area contributed by atoms with E-state index >= 15 is 0 Å². The molecule has 1 saturated heterocycles. The van der Waals surface area contributed by atoms with Crippen molar-refractivity contribution in [3.63, 3.8) is 0 Å². The number of benzene rings is 1. The molecule has 1 aliphatic heterocycles. The maximum absolute atomic E-state index is 12.2. The molecule has 0 aromatic heterocycles. The Labute approximate surface area is 98.2 Å². The third kappa shape index (κ3) is 2.88. The number of halogens is 1. The topological polar surface area (TPSA) is 35.1 Å². The zero-order valence-electron chi connectivity index (χ0n) is 8.41. The average Bonchev–Trinajstić information content (AvgIpc) is 2.30. The van der Waals surface area contributed by atoms with Crippen molar-refractivity contribution in [1.82, 2.24) is 5.32 Å². The molecule has 0 bridgehead atoms. The zero-order chi connectivity index (χ0) is 10.7. The third-order valence-electron chi connectivity index (χ3n) is 2.63. The maximum Gasteiger partial charge on any atom is 0.153 e. The molecule has 1 aliphatic rings. The lowest BCUT2D eigenvalue weighted by Gasteiger charge is -2.25. The molecule has 2 rings (SSSR count). The van der Waals surface area contributed by atoms with E-state index in [9.17, 15) is 4.55 Å². The van der Waals surface area contributed by atoms with Crippen LogP contribution in [-0.4, -0.2) is 22.9 Å². The van der Waals surface area contributed by atoms with E-state index in [2.05, 4.69) is 5.32 Å². The molecular formula is C11H14ClNOS. The Balaban J connectivity index is 2.05. The molecule has 4 heteroatoms. The highest BCUT2D eigenvalue weighted by atomic mass is 35.5. The second-order valence-electron chi connectivity index (χ2n) is 3.70. The van der Waals surface area contributed by atoms with Gasteiger partial charge in [-0.3, -0.25) is 0 Å². The van der Waals surface area contributed by atoms with Gasteiger partial charge in [-0.2, -0.15) is 0 Å². The minimum atomic E-state index is -0.877. The first-order valence-electron chi connectivity index (χ1n) is 5.14. The Kier molecular flexibility index (Phi) is 3.92. The van der Waals surface area contributed by atoms with Gasteiger partial charge < -0.3 is 9.87 Å². The molecule has 82 valence electrons. The molecule has 0 amide bonds. The molecule has 1 fully saturated rings. The number of piperidine rings is 1. The van der Waals surface area contributed by atoms with Crippen molar-refractivity contribution in [2.24, 2.45) is 0 Å². The molecule has 0 spiro atoms.